The van der Waals surface area contributed by atoms with Crippen molar-refractivity contribution < 1.29 is 0 Å². The van der Waals surface area contributed by atoms with Crippen LogP contribution in [-0.4, -0.2) is 41.2 Å². The largest absolute Gasteiger partial charge is 0.227 e. The highest BCUT2D eigenvalue weighted by Gasteiger charge is 1.91. The first-order valence-electron chi connectivity index (χ1n) is 3.67. The van der Waals surface area contributed by atoms with Gasteiger partial charge in [0.05, 0.1) is 6.20 Å². The molecule has 0 N–H and O–H groups in total. The minimum absolute atomic E-state index is 0.255. The predicted octanol–water partition coefficient (Wildman–Crippen LogP) is -0.876. The molecule has 0 atom stereocenters. The normalized spacial score (nSPS) is 9.43. The van der Waals surface area contributed by atoms with E-state index in [0.717, 1.165) is 0 Å². The van der Waals surface area contributed by atoms with Crippen molar-refractivity contribution >= 4 is 11.2 Å². The van der Waals surface area contributed by atoms with Crippen LogP contribution in [0.2, 0.25) is 0 Å². The Hall–Kier alpha value is -2.38. The summed E-state index contributed by atoms with van der Waals surface area (Å²) in [6.07, 6.45) is 1.47. The SMILES string of the molecule is c1ccc2nnnnc2nnnnc1. The van der Waals surface area contributed by atoms with Gasteiger partial charge < -0.3 is 0 Å². The zero-order valence-corrected chi connectivity index (χ0v) is 6.89. The van der Waals surface area contributed by atoms with Crippen molar-refractivity contribution in [3.63, 3.8) is 0 Å². The summed E-state index contributed by atoms with van der Waals surface area (Å²) in [6.45, 7) is 0. The van der Waals surface area contributed by atoms with Crippen LogP contribution in [0.15, 0.2) is 24.4 Å². The van der Waals surface area contributed by atoms with E-state index in [1.807, 2.05) is 0 Å². The van der Waals surface area contributed by atoms with E-state index in [1.54, 1.807) is 18.2 Å². The molecule has 0 fully saturated rings. The molecule has 2 aromatic rings. The molecule has 0 spiro atoms. The molecule has 8 nitrogen and oxygen atoms in total. The molecular weight excluding hydrogens is 184 g/mol. The van der Waals surface area contributed by atoms with Gasteiger partial charge in [0.25, 0.3) is 0 Å². The highest BCUT2D eigenvalue weighted by atomic mass is 15.5. The Labute approximate surface area is 77.7 Å². The van der Waals surface area contributed by atoms with Crippen molar-refractivity contribution in [2.24, 2.45) is 0 Å². The standard InChI is InChI=1S/C6H4N8/c1-2-4-7-11-13-9-6-5(3-1)8-12-14-10-6/h1-4H. The van der Waals surface area contributed by atoms with Gasteiger partial charge in [-0.05, 0) is 33.0 Å². The second-order valence-corrected chi connectivity index (χ2v) is 2.18. The van der Waals surface area contributed by atoms with Crippen molar-refractivity contribution in [3.8, 4) is 0 Å². The molecule has 0 aliphatic carbocycles. The Morgan fingerprint density at radius 1 is 0.786 bits per heavy atom. The van der Waals surface area contributed by atoms with E-state index in [0.29, 0.717) is 5.52 Å². The fourth-order valence-corrected chi connectivity index (χ4v) is 0.756. The number of hydrogen-bond donors (Lipinski definition) is 0. The molecule has 0 saturated heterocycles. The summed E-state index contributed by atoms with van der Waals surface area (Å²) in [6, 6.07) is 5.07. The second kappa shape index (κ2) is 4.03. The molecule has 0 aliphatic heterocycles. The van der Waals surface area contributed by atoms with Crippen LogP contribution < -0.4 is 0 Å². The molecule has 0 amide bonds. The summed E-state index contributed by atoms with van der Waals surface area (Å²) in [5.74, 6) is 0. The summed E-state index contributed by atoms with van der Waals surface area (Å²) in [5, 5.41) is 28.1. The molecule has 2 rings (SSSR count). The molecule has 14 heavy (non-hydrogen) atoms. The molecule has 0 bridgehead atoms. The Morgan fingerprint density at radius 2 is 1.57 bits per heavy atom. The first kappa shape index (κ1) is 8.23. The fraction of sp³-hybridized carbons (Fsp3) is 0. The summed E-state index contributed by atoms with van der Waals surface area (Å²) in [5.41, 5.74) is 0.732. The Balaban J connectivity index is 2.76. The highest BCUT2D eigenvalue weighted by molar-refractivity contribution is 5.65. The van der Waals surface area contributed by atoms with Gasteiger partial charge in [-0.2, -0.15) is 0 Å². The number of fused-ring (bicyclic) bond motifs is 1. The molecule has 2 heterocycles. The van der Waals surface area contributed by atoms with Gasteiger partial charge in [-0.25, -0.2) is 0 Å². The number of aromatic nitrogens is 8. The van der Waals surface area contributed by atoms with Crippen molar-refractivity contribution in [3.05, 3.63) is 24.4 Å². The average Bonchev–Trinajstić information content (AvgIpc) is 2.25. The van der Waals surface area contributed by atoms with E-state index >= 15 is 0 Å². The van der Waals surface area contributed by atoms with Crippen LogP contribution in [0, 0.1) is 0 Å². The monoisotopic (exact) mass is 188 g/mol. The van der Waals surface area contributed by atoms with Gasteiger partial charge >= 0.3 is 0 Å². The number of nitrogens with zero attached hydrogens (tertiary/aromatic N) is 8. The summed E-state index contributed by atoms with van der Waals surface area (Å²) in [7, 11) is 0. The van der Waals surface area contributed by atoms with Crippen molar-refractivity contribution in [2.75, 3.05) is 0 Å². The molecule has 0 aliphatic rings. The van der Waals surface area contributed by atoms with E-state index in [4.69, 9.17) is 0 Å². The van der Waals surface area contributed by atoms with E-state index in [2.05, 4.69) is 41.2 Å². The highest BCUT2D eigenvalue weighted by Crippen LogP contribution is 1.94. The van der Waals surface area contributed by atoms with Gasteiger partial charge in [-0.15, -0.1) is 20.4 Å². The van der Waals surface area contributed by atoms with Gasteiger partial charge in [0.1, 0.15) is 5.52 Å². The van der Waals surface area contributed by atoms with E-state index in [9.17, 15) is 0 Å². The van der Waals surface area contributed by atoms with Crippen LogP contribution in [0.1, 0.15) is 0 Å². The van der Waals surface area contributed by atoms with Crippen molar-refractivity contribution in [2.45, 2.75) is 0 Å². The lowest BCUT2D eigenvalue weighted by atomic mass is 10.5. The van der Waals surface area contributed by atoms with Gasteiger partial charge in [0, 0.05) is 0 Å². The van der Waals surface area contributed by atoms with Gasteiger partial charge in [0.2, 0.25) is 5.65 Å². The fourth-order valence-electron chi connectivity index (χ4n) is 0.756. The Kier molecular flexibility index (Phi) is 2.37. The van der Waals surface area contributed by atoms with E-state index < -0.39 is 0 Å². The number of hydrogen-bond acceptors (Lipinski definition) is 8. The minimum atomic E-state index is 0.255. The predicted molar refractivity (Wildman–Crippen MR) is 43.9 cm³/mol. The molecule has 2 aromatic heterocycles. The quantitative estimate of drug-likeness (QED) is 0.525. The van der Waals surface area contributed by atoms with Crippen LogP contribution >= 0.6 is 0 Å². The molecular formula is C6H4N8. The lowest BCUT2D eigenvalue weighted by Crippen LogP contribution is -1.94. The maximum Gasteiger partial charge on any atom is 0.227 e. The summed E-state index contributed by atoms with van der Waals surface area (Å²) >= 11 is 0. The van der Waals surface area contributed by atoms with E-state index in [1.165, 1.54) is 6.20 Å². The van der Waals surface area contributed by atoms with E-state index in [-0.39, 0.29) is 5.65 Å². The molecule has 68 valence electrons. The lowest BCUT2D eigenvalue weighted by molar-refractivity contribution is 0.760. The Morgan fingerprint density at radius 3 is 2.50 bits per heavy atom. The third kappa shape index (κ3) is 1.86. The zero-order chi connectivity index (χ0) is 9.64. The van der Waals surface area contributed by atoms with Crippen LogP contribution in [0.3, 0.4) is 0 Å². The van der Waals surface area contributed by atoms with Crippen LogP contribution in [0.4, 0.5) is 0 Å². The minimum Gasteiger partial charge on any atom is -0.137 e. The topological polar surface area (TPSA) is 103 Å². The van der Waals surface area contributed by atoms with Gasteiger partial charge in [-0.1, -0.05) is 6.07 Å². The first-order chi connectivity index (χ1) is 6.97. The average molecular weight is 188 g/mol. The third-order valence-corrected chi connectivity index (χ3v) is 1.31. The third-order valence-electron chi connectivity index (χ3n) is 1.31. The summed E-state index contributed by atoms with van der Waals surface area (Å²) < 4.78 is 0. The van der Waals surface area contributed by atoms with Crippen LogP contribution in [0.5, 0.6) is 0 Å². The zero-order valence-electron chi connectivity index (χ0n) is 6.89. The molecule has 0 radical (unpaired) electrons. The van der Waals surface area contributed by atoms with Crippen molar-refractivity contribution in [1.82, 2.24) is 41.2 Å². The van der Waals surface area contributed by atoms with Crippen LogP contribution in [0.25, 0.3) is 11.2 Å². The molecule has 0 saturated carbocycles. The van der Waals surface area contributed by atoms with Crippen molar-refractivity contribution in [1.29, 1.82) is 0 Å². The summed E-state index contributed by atoms with van der Waals surface area (Å²) in [4.78, 5) is 0. The smallest absolute Gasteiger partial charge is 0.137 e. The molecule has 8 heteroatoms. The number of rotatable bonds is 0. The maximum absolute atomic E-state index is 3.72. The van der Waals surface area contributed by atoms with Gasteiger partial charge in [-0.3, -0.25) is 0 Å². The Bertz CT molecular complexity index is 439. The maximum atomic E-state index is 3.72. The molecule has 0 aromatic carbocycles. The first-order valence-corrected chi connectivity index (χ1v) is 3.67. The lowest BCUT2D eigenvalue weighted by Gasteiger charge is -1.83. The van der Waals surface area contributed by atoms with Gasteiger partial charge in [0.15, 0.2) is 0 Å². The van der Waals surface area contributed by atoms with Crippen LogP contribution in [-0.2, 0) is 0 Å². The second-order valence-electron chi connectivity index (χ2n) is 2.18. The molecule has 0 unspecified atom stereocenters.